The maximum atomic E-state index is 12.9. The minimum absolute atomic E-state index is 0.0959. The monoisotopic (exact) mass is 1090 g/mol. The largest absolute Gasteiger partial charge is 0.462 e. The van der Waals surface area contributed by atoms with Gasteiger partial charge in [0.15, 0.2) is 6.10 Å². The van der Waals surface area contributed by atoms with E-state index in [1.807, 2.05) is 0 Å². The molecule has 0 saturated heterocycles. The molecule has 0 aromatic heterocycles. The number of unbranched alkanes of at least 4 members (excludes halogenated alkanes) is 22. The first-order valence-electron chi connectivity index (χ1n) is 32.3. The molecule has 0 aliphatic carbocycles. The van der Waals surface area contributed by atoms with Crippen molar-refractivity contribution in [2.45, 2.75) is 284 Å². The zero-order valence-electron chi connectivity index (χ0n) is 51.1. The first kappa shape index (κ1) is 74.3. The summed E-state index contributed by atoms with van der Waals surface area (Å²) in [7, 11) is 0. The fraction of sp³-hybridized carbons (Fsp3) is 0.630. The van der Waals surface area contributed by atoms with E-state index >= 15 is 0 Å². The number of carbonyl (C=O) groups excluding carboxylic acids is 3. The summed E-state index contributed by atoms with van der Waals surface area (Å²) >= 11 is 0. The Hall–Kier alpha value is -4.71. The van der Waals surface area contributed by atoms with Crippen LogP contribution in [0.15, 0.2) is 146 Å². The summed E-state index contributed by atoms with van der Waals surface area (Å²) in [5, 5.41) is 0. The number of ether oxygens (including phenoxy) is 3. The highest BCUT2D eigenvalue weighted by Gasteiger charge is 2.19. The zero-order chi connectivity index (χ0) is 57.1. The van der Waals surface area contributed by atoms with E-state index in [9.17, 15) is 14.4 Å². The number of allylic oxidation sites excluding steroid dienone is 24. The normalized spacial score (nSPS) is 13.1. The predicted molar refractivity (Wildman–Crippen MR) is 343 cm³/mol. The van der Waals surface area contributed by atoms with Crippen LogP contribution in [0.4, 0.5) is 0 Å². The van der Waals surface area contributed by atoms with Crippen LogP contribution in [0, 0.1) is 0 Å². The molecule has 446 valence electrons. The van der Waals surface area contributed by atoms with Gasteiger partial charge in [-0.15, -0.1) is 0 Å². The van der Waals surface area contributed by atoms with Crippen molar-refractivity contribution in [2.75, 3.05) is 13.2 Å². The van der Waals surface area contributed by atoms with Crippen LogP contribution < -0.4 is 0 Å². The van der Waals surface area contributed by atoms with Gasteiger partial charge in [0, 0.05) is 19.3 Å². The summed E-state index contributed by atoms with van der Waals surface area (Å²) in [6, 6.07) is 0. The van der Waals surface area contributed by atoms with Crippen LogP contribution in [-0.2, 0) is 28.6 Å². The first-order valence-corrected chi connectivity index (χ1v) is 32.3. The van der Waals surface area contributed by atoms with Gasteiger partial charge in [0.2, 0.25) is 0 Å². The van der Waals surface area contributed by atoms with Crippen molar-refractivity contribution in [1.29, 1.82) is 0 Å². The molecule has 0 aromatic carbocycles. The third-order valence-electron chi connectivity index (χ3n) is 13.3. The van der Waals surface area contributed by atoms with E-state index in [-0.39, 0.29) is 31.1 Å². The van der Waals surface area contributed by atoms with Crippen LogP contribution in [0.2, 0.25) is 0 Å². The molecular weight excluding hydrogens is 973 g/mol. The minimum Gasteiger partial charge on any atom is -0.462 e. The Morgan fingerprint density at radius 1 is 0.266 bits per heavy atom. The number of esters is 3. The molecule has 0 aromatic rings. The minimum atomic E-state index is -0.802. The van der Waals surface area contributed by atoms with E-state index in [0.717, 1.165) is 122 Å². The maximum absolute atomic E-state index is 12.9. The lowest BCUT2D eigenvalue weighted by Gasteiger charge is -2.18. The smallest absolute Gasteiger partial charge is 0.306 e. The summed E-state index contributed by atoms with van der Waals surface area (Å²) in [6.45, 7) is 6.44. The van der Waals surface area contributed by atoms with E-state index in [1.165, 1.54) is 109 Å². The molecule has 0 radical (unpaired) electrons. The highest BCUT2D eigenvalue weighted by molar-refractivity contribution is 5.71. The summed E-state index contributed by atoms with van der Waals surface area (Å²) in [6.07, 6.45) is 94.4. The zero-order valence-corrected chi connectivity index (χ0v) is 51.1. The average Bonchev–Trinajstić information content (AvgIpc) is 3.45. The fourth-order valence-electron chi connectivity index (χ4n) is 8.50. The molecule has 0 aliphatic heterocycles. The molecular formula is C73H118O6. The summed E-state index contributed by atoms with van der Waals surface area (Å²) in [5.41, 5.74) is 0. The van der Waals surface area contributed by atoms with Gasteiger partial charge in [-0.3, -0.25) is 14.4 Å². The summed E-state index contributed by atoms with van der Waals surface area (Å²) in [5.74, 6) is -0.949. The van der Waals surface area contributed by atoms with Crippen LogP contribution in [0.25, 0.3) is 0 Å². The van der Waals surface area contributed by atoms with Gasteiger partial charge in [0.05, 0.1) is 0 Å². The quantitative estimate of drug-likeness (QED) is 0.0261. The van der Waals surface area contributed by atoms with Gasteiger partial charge in [-0.1, -0.05) is 276 Å². The van der Waals surface area contributed by atoms with Crippen molar-refractivity contribution in [3.63, 3.8) is 0 Å². The van der Waals surface area contributed by atoms with Gasteiger partial charge in [-0.05, 0) is 128 Å². The number of hydrogen-bond acceptors (Lipinski definition) is 6. The molecule has 0 fully saturated rings. The van der Waals surface area contributed by atoms with Crippen molar-refractivity contribution in [3.05, 3.63) is 146 Å². The van der Waals surface area contributed by atoms with E-state index in [1.54, 1.807) is 0 Å². The molecule has 0 N–H and O–H groups in total. The van der Waals surface area contributed by atoms with Crippen LogP contribution >= 0.6 is 0 Å². The van der Waals surface area contributed by atoms with E-state index < -0.39 is 6.10 Å². The molecule has 6 nitrogen and oxygen atoms in total. The summed E-state index contributed by atoms with van der Waals surface area (Å²) in [4.78, 5) is 38.2. The second kappa shape index (κ2) is 65.8. The van der Waals surface area contributed by atoms with Crippen molar-refractivity contribution < 1.29 is 28.6 Å². The highest BCUT2D eigenvalue weighted by atomic mass is 16.6. The molecule has 0 bridgehead atoms. The molecule has 0 amide bonds. The maximum Gasteiger partial charge on any atom is 0.306 e. The topological polar surface area (TPSA) is 78.9 Å². The number of rotatable bonds is 57. The molecule has 0 rings (SSSR count). The highest BCUT2D eigenvalue weighted by Crippen LogP contribution is 2.15. The first-order chi connectivity index (χ1) is 39.0. The van der Waals surface area contributed by atoms with Gasteiger partial charge < -0.3 is 14.2 Å². The standard InChI is InChI=1S/C73H118O6/c1-4-7-10-13-16-19-21-23-25-27-29-30-31-32-33-34-35-36-37-38-39-40-41-42-44-45-47-49-51-54-57-60-63-66-72(75)78-69-70(68-77-71(74)65-62-59-56-53-18-15-12-9-6-3)79-73(76)67-64-61-58-55-52-50-48-46-43-28-26-24-22-20-17-14-11-8-5-2/h7,10,16-17,19-20,23-26,29-30,32-33,35-36,38-39,41-42,45,47,51,54,70H,4-6,8-9,11-15,18,21-22,27-28,31,34,37,40,43-44,46,48-50,52-53,55-69H2,1-3H3/b10-7-,19-16-,20-17-,25-23-,26-24-,30-29-,33-32-,36-35-,39-38-,42-41-,47-45-,54-51-. The predicted octanol–water partition coefficient (Wildman–Crippen LogP) is 22.3. The van der Waals surface area contributed by atoms with Gasteiger partial charge in [-0.25, -0.2) is 0 Å². The van der Waals surface area contributed by atoms with E-state index in [0.29, 0.717) is 25.7 Å². The fourth-order valence-corrected chi connectivity index (χ4v) is 8.50. The molecule has 79 heavy (non-hydrogen) atoms. The van der Waals surface area contributed by atoms with Crippen LogP contribution in [-0.4, -0.2) is 37.2 Å². The molecule has 0 heterocycles. The third-order valence-corrected chi connectivity index (χ3v) is 13.3. The van der Waals surface area contributed by atoms with Gasteiger partial charge in [0.25, 0.3) is 0 Å². The third kappa shape index (κ3) is 64.0. The van der Waals surface area contributed by atoms with E-state index in [4.69, 9.17) is 14.2 Å². The van der Waals surface area contributed by atoms with E-state index in [2.05, 4.69) is 167 Å². The molecule has 0 aliphatic rings. The van der Waals surface area contributed by atoms with Crippen molar-refractivity contribution in [3.8, 4) is 0 Å². The molecule has 6 heteroatoms. The van der Waals surface area contributed by atoms with Crippen molar-refractivity contribution in [2.24, 2.45) is 0 Å². The Morgan fingerprint density at radius 3 is 0.823 bits per heavy atom. The molecule has 0 spiro atoms. The lowest BCUT2D eigenvalue weighted by atomic mass is 10.1. The van der Waals surface area contributed by atoms with Crippen LogP contribution in [0.5, 0.6) is 0 Å². The SMILES string of the molecule is CC/C=C\C/C=C\C/C=C\C/C=C\C/C=C\C/C=C\C/C=C\C/C=C\C/C=C\C/C=C\CCCCC(=O)OCC(COC(=O)CCCCCCCCCCC)OC(=O)CCCCCCCCCCC/C=C\C/C=C\CCCCC. The Labute approximate surface area is 487 Å². The molecule has 0 saturated carbocycles. The summed E-state index contributed by atoms with van der Waals surface area (Å²) < 4.78 is 16.8. The van der Waals surface area contributed by atoms with Crippen molar-refractivity contribution >= 4 is 17.9 Å². The molecule has 1 atom stereocenters. The second-order valence-corrected chi connectivity index (χ2v) is 20.9. The second-order valence-electron chi connectivity index (χ2n) is 20.9. The van der Waals surface area contributed by atoms with Crippen LogP contribution in [0.3, 0.4) is 0 Å². The van der Waals surface area contributed by atoms with Crippen LogP contribution in [0.1, 0.15) is 278 Å². The average molecular weight is 1090 g/mol. The number of carbonyl (C=O) groups is 3. The van der Waals surface area contributed by atoms with Crippen molar-refractivity contribution in [1.82, 2.24) is 0 Å². The Bertz CT molecular complexity index is 1730. The lowest BCUT2D eigenvalue weighted by molar-refractivity contribution is -0.167. The Morgan fingerprint density at radius 2 is 0.494 bits per heavy atom. The lowest BCUT2D eigenvalue weighted by Crippen LogP contribution is -2.30. The van der Waals surface area contributed by atoms with Gasteiger partial charge in [0.1, 0.15) is 13.2 Å². The Kier molecular flexibility index (Phi) is 61.9. The number of hydrogen-bond donors (Lipinski definition) is 0. The van der Waals surface area contributed by atoms with Gasteiger partial charge in [-0.2, -0.15) is 0 Å². The molecule has 1 unspecified atom stereocenters. The Balaban J connectivity index is 4.32. The van der Waals surface area contributed by atoms with Gasteiger partial charge >= 0.3 is 17.9 Å².